The van der Waals surface area contributed by atoms with Crippen LogP contribution in [0.2, 0.25) is 0 Å². The third-order valence-electron chi connectivity index (χ3n) is 3.59. The Morgan fingerprint density at radius 2 is 2.11 bits per heavy atom. The molecule has 0 aromatic heterocycles. The number of carbonyl (C=O) groups excluding carboxylic acids is 1. The van der Waals surface area contributed by atoms with Crippen LogP contribution in [-0.2, 0) is 11.2 Å². The summed E-state index contributed by atoms with van der Waals surface area (Å²) in [4.78, 5) is 13.9. The van der Waals surface area contributed by atoms with Crippen LogP contribution in [0.5, 0.6) is 5.75 Å². The topological polar surface area (TPSA) is 52.6 Å². The van der Waals surface area contributed by atoms with Gasteiger partial charge in [-0.3, -0.25) is 4.79 Å². The molecule has 1 heterocycles. The summed E-state index contributed by atoms with van der Waals surface area (Å²) >= 11 is 0. The van der Waals surface area contributed by atoms with Gasteiger partial charge in [0.25, 0.3) is 0 Å². The highest BCUT2D eigenvalue weighted by molar-refractivity contribution is 5.76. The SMILES string of the molecule is Cc1cc(CCCC(=O)N2CCNCC2)ccc1O. The van der Waals surface area contributed by atoms with Gasteiger partial charge in [0.1, 0.15) is 5.75 Å². The molecule has 0 spiro atoms. The van der Waals surface area contributed by atoms with Gasteiger partial charge in [0.05, 0.1) is 0 Å². The van der Waals surface area contributed by atoms with Crippen LogP contribution in [0.25, 0.3) is 0 Å². The average molecular weight is 262 g/mol. The molecule has 0 atom stereocenters. The quantitative estimate of drug-likeness (QED) is 0.863. The maximum atomic E-state index is 12.0. The number of rotatable bonds is 4. The molecule has 1 amide bonds. The summed E-state index contributed by atoms with van der Waals surface area (Å²) in [5.41, 5.74) is 2.08. The van der Waals surface area contributed by atoms with Crippen molar-refractivity contribution in [1.29, 1.82) is 0 Å². The molecule has 1 aromatic rings. The number of phenols is 1. The first kappa shape index (κ1) is 13.9. The van der Waals surface area contributed by atoms with Crippen molar-refractivity contribution in [1.82, 2.24) is 10.2 Å². The highest BCUT2D eigenvalue weighted by Gasteiger charge is 2.15. The van der Waals surface area contributed by atoms with Gasteiger partial charge in [-0.2, -0.15) is 0 Å². The molecule has 1 aliphatic heterocycles. The normalized spacial score (nSPS) is 15.5. The average Bonchev–Trinajstić information content (AvgIpc) is 2.43. The molecule has 4 heteroatoms. The standard InChI is InChI=1S/C15H22N2O2/c1-12-11-13(5-6-14(12)18)3-2-4-15(19)17-9-7-16-8-10-17/h5-6,11,16,18H,2-4,7-10H2,1H3. The van der Waals surface area contributed by atoms with E-state index in [-0.39, 0.29) is 5.91 Å². The van der Waals surface area contributed by atoms with E-state index in [1.165, 1.54) is 5.56 Å². The Morgan fingerprint density at radius 1 is 1.37 bits per heavy atom. The molecule has 1 aromatic carbocycles. The Kier molecular flexibility index (Phi) is 4.80. The molecule has 0 aliphatic carbocycles. The van der Waals surface area contributed by atoms with E-state index in [0.717, 1.165) is 44.6 Å². The molecule has 1 saturated heterocycles. The summed E-state index contributed by atoms with van der Waals surface area (Å²) in [7, 11) is 0. The lowest BCUT2D eigenvalue weighted by Crippen LogP contribution is -2.46. The fraction of sp³-hybridized carbons (Fsp3) is 0.533. The molecule has 0 unspecified atom stereocenters. The Bertz CT molecular complexity index is 440. The fourth-order valence-electron chi connectivity index (χ4n) is 2.39. The summed E-state index contributed by atoms with van der Waals surface area (Å²) in [6, 6.07) is 5.64. The van der Waals surface area contributed by atoms with Gasteiger partial charge in [-0.05, 0) is 37.0 Å². The van der Waals surface area contributed by atoms with Gasteiger partial charge in [0, 0.05) is 32.6 Å². The lowest BCUT2D eigenvalue weighted by molar-refractivity contribution is -0.131. The predicted octanol–water partition coefficient (Wildman–Crippen LogP) is 1.46. The number of piperazine rings is 1. The minimum absolute atomic E-state index is 0.261. The monoisotopic (exact) mass is 262 g/mol. The fourth-order valence-corrected chi connectivity index (χ4v) is 2.39. The van der Waals surface area contributed by atoms with Crippen LogP contribution in [0.3, 0.4) is 0 Å². The summed E-state index contributed by atoms with van der Waals surface area (Å²) in [6.45, 7) is 5.37. The number of aryl methyl sites for hydroxylation is 2. The van der Waals surface area contributed by atoms with Crippen molar-refractivity contribution < 1.29 is 9.90 Å². The molecule has 0 radical (unpaired) electrons. The van der Waals surface area contributed by atoms with Gasteiger partial charge in [-0.15, -0.1) is 0 Å². The number of carbonyl (C=O) groups is 1. The van der Waals surface area contributed by atoms with E-state index < -0.39 is 0 Å². The van der Waals surface area contributed by atoms with Gasteiger partial charge in [-0.25, -0.2) is 0 Å². The van der Waals surface area contributed by atoms with Crippen LogP contribution >= 0.6 is 0 Å². The van der Waals surface area contributed by atoms with Crippen molar-refractivity contribution in [3.05, 3.63) is 29.3 Å². The van der Waals surface area contributed by atoms with Crippen LogP contribution in [-0.4, -0.2) is 42.1 Å². The van der Waals surface area contributed by atoms with Gasteiger partial charge in [0.2, 0.25) is 5.91 Å². The van der Waals surface area contributed by atoms with E-state index in [9.17, 15) is 9.90 Å². The zero-order chi connectivity index (χ0) is 13.7. The van der Waals surface area contributed by atoms with Gasteiger partial charge in [0.15, 0.2) is 0 Å². The molecule has 4 nitrogen and oxygen atoms in total. The third-order valence-corrected chi connectivity index (χ3v) is 3.59. The lowest BCUT2D eigenvalue weighted by Gasteiger charge is -2.27. The molecule has 0 saturated carbocycles. The van der Waals surface area contributed by atoms with Crippen molar-refractivity contribution >= 4 is 5.91 Å². The van der Waals surface area contributed by atoms with Crippen molar-refractivity contribution in [2.24, 2.45) is 0 Å². The molecular formula is C15H22N2O2. The Hall–Kier alpha value is -1.55. The number of hydrogen-bond donors (Lipinski definition) is 2. The van der Waals surface area contributed by atoms with E-state index in [0.29, 0.717) is 12.2 Å². The van der Waals surface area contributed by atoms with Crippen molar-refractivity contribution in [2.45, 2.75) is 26.2 Å². The Labute approximate surface area is 114 Å². The summed E-state index contributed by atoms with van der Waals surface area (Å²) in [6.07, 6.45) is 2.37. The second-order valence-electron chi connectivity index (χ2n) is 5.11. The number of aromatic hydroxyl groups is 1. The molecule has 19 heavy (non-hydrogen) atoms. The molecule has 1 aliphatic rings. The highest BCUT2D eigenvalue weighted by atomic mass is 16.3. The van der Waals surface area contributed by atoms with Crippen LogP contribution in [0.4, 0.5) is 0 Å². The summed E-state index contributed by atoms with van der Waals surface area (Å²) in [5, 5.41) is 12.7. The number of amides is 1. The minimum Gasteiger partial charge on any atom is -0.508 e. The molecule has 0 bridgehead atoms. The van der Waals surface area contributed by atoms with E-state index in [1.54, 1.807) is 6.07 Å². The van der Waals surface area contributed by atoms with Crippen molar-refractivity contribution in [2.75, 3.05) is 26.2 Å². The molecular weight excluding hydrogens is 240 g/mol. The van der Waals surface area contributed by atoms with Gasteiger partial charge in [-0.1, -0.05) is 12.1 Å². The summed E-state index contributed by atoms with van der Waals surface area (Å²) < 4.78 is 0. The number of nitrogens with zero attached hydrogens (tertiary/aromatic N) is 1. The van der Waals surface area contributed by atoms with Crippen LogP contribution < -0.4 is 5.32 Å². The smallest absolute Gasteiger partial charge is 0.222 e. The summed E-state index contributed by atoms with van der Waals surface area (Å²) in [5.74, 6) is 0.595. The number of nitrogens with one attached hydrogen (secondary N) is 1. The van der Waals surface area contributed by atoms with Crippen LogP contribution in [0.1, 0.15) is 24.0 Å². The zero-order valence-corrected chi connectivity index (χ0v) is 11.5. The van der Waals surface area contributed by atoms with Crippen LogP contribution in [0, 0.1) is 6.92 Å². The minimum atomic E-state index is 0.261. The van der Waals surface area contributed by atoms with Crippen molar-refractivity contribution in [3.63, 3.8) is 0 Å². The maximum Gasteiger partial charge on any atom is 0.222 e. The second kappa shape index (κ2) is 6.57. The number of benzene rings is 1. The second-order valence-corrected chi connectivity index (χ2v) is 5.11. The Morgan fingerprint density at radius 3 is 2.79 bits per heavy atom. The van der Waals surface area contributed by atoms with Crippen LogP contribution in [0.15, 0.2) is 18.2 Å². The predicted molar refractivity (Wildman–Crippen MR) is 75.2 cm³/mol. The molecule has 2 N–H and O–H groups in total. The van der Waals surface area contributed by atoms with Crippen molar-refractivity contribution in [3.8, 4) is 5.75 Å². The van der Waals surface area contributed by atoms with E-state index in [4.69, 9.17) is 0 Å². The largest absolute Gasteiger partial charge is 0.508 e. The third kappa shape index (κ3) is 3.96. The van der Waals surface area contributed by atoms with E-state index in [2.05, 4.69) is 5.32 Å². The van der Waals surface area contributed by atoms with Gasteiger partial charge < -0.3 is 15.3 Å². The molecule has 2 rings (SSSR count). The first-order valence-corrected chi connectivity index (χ1v) is 6.94. The lowest BCUT2D eigenvalue weighted by atomic mass is 10.0. The number of hydrogen-bond acceptors (Lipinski definition) is 3. The highest BCUT2D eigenvalue weighted by Crippen LogP contribution is 2.18. The molecule has 104 valence electrons. The molecule has 1 fully saturated rings. The zero-order valence-electron chi connectivity index (χ0n) is 11.5. The van der Waals surface area contributed by atoms with E-state index in [1.807, 2.05) is 24.0 Å². The first-order chi connectivity index (χ1) is 9.16. The van der Waals surface area contributed by atoms with E-state index >= 15 is 0 Å². The maximum absolute atomic E-state index is 12.0. The number of phenolic OH excluding ortho intramolecular Hbond substituents is 1. The van der Waals surface area contributed by atoms with Gasteiger partial charge >= 0.3 is 0 Å². The Balaban J connectivity index is 1.76. The first-order valence-electron chi connectivity index (χ1n) is 6.94.